The van der Waals surface area contributed by atoms with E-state index in [-0.39, 0.29) is 18.4 Å². The summed E-state index contributed by atoms with van der Waals surface area (Å²) in [6.45, 7) is 3.42. The number of rotatable bonds is 2. The zero-order chi connectivity index (χ0) is 15.4. The summed E-state index contributed by atoms with van der Waals surface area (Å²) in [5.74, 6) is 0.225. The monoisotopic (exact) mass is 294 g/mol. The van der Waals surface area contributed by atoms with Crippen LogP contribution in [0.15, 0.2) is 6.33 Å². The molecule has 0 unspecified atom stereocenters. The molecule has 3 heterocycles. The van der Waals surface area contributed by atoms with Gasteiger partial charge in [0.05, 0.1) is 19.0 Å². The summed E-state index contributed by atoms with van der Waals surface area (Å²) in [5.41, 5.74) is 11.6. The van der Waals surface area contributed by atoms with E-state index in [2.05, 4.69) is 15.0 Å². The van der Waals surface area contributed by atoms with Crippen molar-refractivity contribution in [2.75, 3.05) is 18.1 Å². The lowest BCUT2D eigenvalue weighted by atomic mass is 9.84. The Hall–Kier alpha value is -1.97. The van der Waals surface area contributed by atoms with Crippen LogP contribution in [-0.4, -0.2) is 48.5 Å². The molecule has 1 aliphatic heterocycles. The van der Waals surface area contributed by atoms with Gasteiger partial charge in [-0.2, -0.15) is 9.97 Å². The van der Waals surface area contributed by atoms with Gasteiger partial charge in [-0.15, -0.1) is 0 Å². The third kappa shape index (κ3) is 1.93. The molecule has 1 aliphatic rings. The molecular weight excluding hydrogens is 276 g/mol. The normalized spacial score (nSPS) is 28.3. The lowest BCUT2D eigenvalue weighted by Gasteiger charge is -2.28. The Morgan fingerprint density at radius 3 is 2.71 bits per heavy atom. The SMILES string of the molecule is CC1(C)[C@H](O)[C@@H](CO)O[C@H]1n1cnc2c(N)nc(N)nc21. The van der Waals surface area contributed by atoms with Gasteiger partial charge < -0.3 is 26.4 Å². The first-order chi connectivity index (χ1) is 9.86. The van der Waals surface area contributed by atoms with Crippen molar-refractivity contribution in [1.29, 1.82) is 0 Å². The third-order valence-corrected chi connectivity index (χ3v) is 3.95. The van der Waals surface area contributed by atoms with Gasteiger partial charge in [-0.05, 0) is 0 Å². The molecular formula is C12H18N6O3. The zero-order valence-corrected chi connectivity index (χ0v) is 11.8. The summed E-state index contributed by atoms with van der Waals surface area (Å²) in [6, 6.07) is 0. The minimum atomic E-state index is -0.818. The topological polar surface area (TPSA) is 145 Å². The van der Waals surface area contributed by atoms with Gasteiger partial charge in [0.2, 0.25) is 5.95 Å². The predicted molar refractivity (Wildman–Crippen MR) is 74.9 cm³/mol. The second-order valence-corrected chi connectivity index (χ2v) is 5.77. The Balaban J connectivity index is 2.13. The number of aliphatic hydroxyl groups excluding tert-OH is 2. The number of hydrogen-bond acceptors (Lipinski definition) is 8. The Labute approximate surface area is 120 Å². The molecule has 0 amide bonds. The molecule has 0 aliphatic carbocycles. The fourth-order valence-electron chi connectivity index (χ4n) is 2.73. The van der Waals surface area contributed by atoms with Gasteiger partial charge in [-0.1, -0.05) is 13.8 Å². The molecule has 21 heavy (non-hydrogen) atoms. The van der Waals surface area contributed by atoms with E-state index in [4.69, 9.17) is 16.2 Å². The summed E-state index contributed by atoms with van der Waals surface area (Å²) >= 11 is 0. The van der Waals surface area contributed by atoms with E-state index < -0.39 is 23.9 Å². The number of nitrogens with two attached hydrogens (primary N) is 2. The van der Waals surface area contributed by atoms with Crippen LogP contribution in [-0.2, 0) is 4.74 Å². The highest BCUT2D eigenvalue weighted by atomic mass is 16.5. The highest BCUT2D eigenvalue weighted by Gasteiger charge is 2.51. The zero-order valence-electron chi connectivity index (χ0n) is 11.8. The Morgan fingerprint density at radius 2 is 2.10 bits per heavy atom. The average molecular weight is 294 g/mol. The van der Waals surface area contributed by atoms with Crippen molar-refractivity contribution in [2.24, 2.45) is 5.41 Å². The first kappa shape index (κ1) is 14.0. The van der Waals surface area contributed by atoms with E-state index in [0.29, 0.717) is 11.2 Å². The number of nitrogen functional groups attached to an aromatic ring is 2. The van der Waals surface area contributed by atoms with Gasteiger partial charge in [0.25, 0.3) is 0 Å². The maximum atomic E-state index is 10.3. The van der Waals surface area contributed by atoms with Crippen LogP contribution in [0.25, 0.3) is 11.2 Å². The van der Waals surface area contributed by atoms with E-state index in [9.17, 15) is 10.2 Å². The number of aliphatic hydroxyl groups is 2. The highest BCUT2D eigenvalue weighted by Crippen LogP contribution is 2.45. The molecule has 9 heteroatoms. The molecule has 2 aromatic rings. The van der Waals surface area contributed by atoms with Crippen LogP contribution in [0, 0.1) is 5.41 Å². The van der Waals surface area contributed by atoms with Crippen LogP contribution in [0.2, 0.25) is 0 Å². The van der Waals surface area contributed by atoms with Crippen LogP contribution in [0.1, 0.15) is 20.1 Å². The summed E-state index contributed by atoms with van der Waals surface area (Å²) in [5, 5.41) is 19.6. The molecule has 9 nitrogen and oxygen atoms in total. The van der Waals surface area contributed by atoms with Crippen LogP contribution < -0.4 is 11.5 Å². The minimum absolute atomic E-state index is 0.0387. The van der Waals surface area contributed by atoms with Crippen LogP contribution in [0.4, 0.5) is 11.8 Å². The fourth-order valence-corrected chi connectivity index (χ4v) is 2.73. The quantitative estimate of drug-likeness (QED) is 0.567. The number of aromatic nitrogens is 4. The number of imidazole rings is 1. The maximum absolute atomic E-state index is 10.3. The molecule has 0 spiro atoms. The Kier molecular flexibility index (Phi) is 3.01. The van der Waals surface area contributed by atoms with Crippen molar-refractivity contribution in [3.05, 3.63) is 6.33 Å². The van der Waals surface area contributed by atoms with E-state index >= 15 is 0 Å². The summed E-state index contributed by atoms with van der Waals surface area (Å²) in [6.07, 6.45) is -0.516. The lowest BCUT2D eigenvalue weighted by Crippen LogP contribution is -2.35. The first-order valence-corrected chi connectivity index (χ1v) is 6.56. The molecule has 6 N–H and O–H groups in total. The van der Waals surface area contributed by atoms with Gasteiger partial charge in [0.15, 0.2) is 11.5 Å². The minimum Gasteiger partial charge on any atom is -0.394 e. The molecule has 0 bridgehead atoms. The predicted octanol–water partition coefficient (Wildman–Crippen LogP) is -0.732. The maximum Gasteiger partial charge on any atom is 0.224 e. The van der Waals surface area contributed by atoms with Crippen molar-refractivity contribution in [3.63, 3.8) is 0 Å². The summed E-state index contributed by atoms with van der Waals surface area (Å²) < 4.78 is 7.41. The molecule has 3 atom stereocenters. The van der Waals surface area contributed by atoms with E-state index in [1.165, 1.54) is 6.33 Å². The van der Waals surface area contributed by atoms with Gasteiger partial charge in [0, 0.05) is 5.41 Å². The second-order valence-electron chi connectivity index (χ2n) is 5.77. The molecule has 0 aromatic carbocycles. The molecule has 114 valence electrons. The van der Waals surface area contributed by atoms with Crippen LogP contribution >= 0.6 is 0 Å². The van der Waals surface area contributed by atoms with Crippen molar-refractivity contribution in [2.45, 2.75) is 32.3 Å². The third-order valence-electron chi connectivity index (χ3n) is 3.95. The summed E-state index contributed by atoms with van der Waals surface area (Å²) in [4.78, 5) is 12.2. The van der Waals surface area contributed by atoms with Gasteiger partial charge in [-0.25, -0.2) is 4.98 Å². The van der Waals surface area contributed by atoms with Gasteiger partial charge in [0.1, 0.15) is 17.8 Å². The number of ether oxygens (including phenoxy) is 1. The van der Waals surface area contributed by atoms with Gasteiger partial charge >= 0.3 is 0 Å². The Morgan fingerprint density at radius 1 is 1.38 bits per heavy atom. The number of fused-ring (bicyclic) bond motifs is 1. The van der Waals surface area contributed by atoms with Crippen molar-refractivity contribution in [1.82, 2.24) is 19.5 Å². The molecule has 1 saturated heterocycles. The number of hydrogen-bond donors (Lipinski definition) is 4. The molecule has 2 aromatic heterocycles. The smallest absolute Gasteiger partial charge is 0.224 e. The largest absolute Gasteiger partial charge is 0.394 e. The van der Waals surface area contributed by atoms with E-state index in [1.54, 1.807) is 4.57 Å². The standard InChI is InChI=1S/C12H18N6O3/c1-12(2)7(20)5(3-19)21-10(12)18-4-15-6-8(13)16-11(14)17-9(6)18/h4-5,7,10,19-20H,3H2,1-2H3,(H4,13,14,16,17)/t5-,7-,10-/m1/s1. The Bertz CT molecular complexity index is 685. The van der Waals surface area contributed by atoms with E-state index in [0.717, 1.165) is 0 Å². The van der Waals surface area contributed by atoms with Crippen molar-refractivity contribution >= 4 is 22.9 Å². The first-order valence-electron chi connectivity index (χ1n) is 6.56. The number of anilines is 2. The lowest BCUT2D eigenvalue weighted by molar-refractivity contribution is -0.0492. The highest BCUT2D eigenvalue weighted by molar-refractivity contribution is 5.82. The fraction of sp³-hybridized carbons (Fsp3) is 0.583. The summed E-state index contributed by atoms with van der Waals surface area (Å²) in [7, 11) is 0. The van der Waals surface area contributed by atoms with Crippen LogP contribution in [0.3, 0.4) is 0 Å². The van der Waals surface area contributed by atoms with Gasteiger partial charge in [-0.3, -0.25) is 4.57 Å². The average Bonchev–Trinajstić information content (AvgIpc) is 2.91. The molecule has 0 saturated carbocycles. The van der Waals surface area contributed by atoms with Crippen molar-refractivity contribution < 1.29 is 14.9 Å². The number of nitrogens with zero attached hydrogens (tertiary/aromatic N) is 4. The molecule has 1 fully saturated rings. The van der Waals surface area contributed by atoms with E-state index in [1.807, 2.05) is 13.8 Å². The van der Waals surface area contributed by atoms with Crippen molar-refractivity contribution in [3.8, 4) is 0 Å². The molecule has 0 radical (unpaired) electrons. The molecule has 3 rings (SSSR count). The second kappa shape index (κ2) is 4.52. The van der Waals surface area contributed by atoms with Crippen LogP contribution in [0.5, 0.6) is 0 Å².